The lowest BCUT2D eigenvalue weighted by atomic mass is 10.2. The van der Waals surface area contributed by atoms with E-state index >= 15 is 0 Å². The third kappa shape index (κ3) is 4.24. The largest absolute Gasteiger partial charge is 0.496 e. The zero-order valence-corrected chi connectivity index (χ0v) is 12.8. The van der Waals surface area contributed by atoms with E-state index in [9.17, 15) is 4.21 Å². The van der Waals surface area contributed by atoms with Crippen LogP contribution in [0.3, 0.4) is 0 Å². The second-order valence-electron chi connectivity index (χ2n) is 4.48. The van der Waals surface area contributed by atoms with Gasteiger partial charge in [-0.2, -0.15) is 4.40 Å². The van der Waals surface area contributed by atoms with Gasteiger partial charge in [0.1, 0.15) is 16.7 Å². The van der Waals surface area contributed by atoms with Gasteiger partial charge in [0.05, 0.1) is 11.9 Å². The highest BCUT2D eigenvalue weighted by Gasteiger charge is 2.18. The topological polar surface area (TPSA) is 38.7 Å². The molecule has 1 atom stereocenters. The molecule has 5 heteroatoms. The van der Waals surface area contributed by atoms with Gasteiger partial charge in [-0.3, -0.25) is 0 Å². The van der Waals surface area contributed by atoms with Crippen molar-refractivity contribution in [2.75, 3.05) is 7.11 Å². The monoisotopic (exact) mass is 317 g/mol. The van der Waals surface area contributed by atoms with Gasteiger partial charge in [0.25, 0.3) is 0 Å². The molecule has 0 saturated carbocycles. The molecule has 1 rings (SSSR count). The molecule has 0 unspecified atom stereocenters. The Morgan fingerprint density at radius 3 is 2.59 bits per heavy atom. The van der Waals surface area contributed by atoms with Gasteiger partial charge < -0.3 is 4.74 Å². The third-order valence-corrected chi connectivity index (χ3v) is 3.84. The van der Waals surface area contributed by atoms with Crippen molar-refractivity contribution in [2.24, 2.45) is 4.40 Å². The predicted octanol–water partition coefficient (Wildman–Crippen LogP) is 3.34. The third-order valence-electron chi connectivity index (χ3n) is 2.00. The van der Waals surface area contributed by atoms with Gasteiger partial charge in [0.15, 0.2) is 0 Å². The SMILES string of the molecule is COc1ccc(Br)cc1/C=N/[S@](=O)C(C)(C)C. The Kier molecular flexibility index (Phi) is 4.89. The summed E-state index contributed by atoms with van der Waals surface area (Å²) in [6, 6.07) is 5.60. The molecule has 0 fully saturated rings. The summed E-state index contributed by atoms with van der Waals surface area (Å²) in [6.07, 6.45) is 1.59. The van der Waals surface area contributed by atoms with Crippen LogP contribution < -0.4 is 4.74 Å². The molecule has 0 aliphatic carbocycles. The summed E-state index contributed by atoms with van der Waals surface area (Å²) in [4.78, 5) is 0. The Hall–Kier alpha value is -0.680. The van der Waals surface area contributed by atoms with Crippen LogP contribution in [0.4, 0.5) is 0 Å². The quantitative estimate of drug-likeness (QED) is 0.802. The molecule has 0 saturated heterocycles. The first-order valence-corrected chi connectivity index (χ1v) is 7.04. The second-order valence-corrected chi connectivity index (χ2v) is 7.33. The van der Waals surface area contributed by atoms with Crippen LogP contribution in [0.15, 0.2) is 27.1 Å². The fourth-order valence-corrected chi connectivity index (χ4v) is 1.97. The molecule has 0 aliphatic heterocycles. The molecule has 0 radical (unpaired) electrons. The van der Waals surface area contributed by atoms with Gasteiger partial charge in [0, 0.05) is 16.3 Å². The summed E-state index contributed by atoms with van der Waals surface area (Å²) in [5.41, 5.74) is 0.805. The van der Waals surface area contributed by atoms with E-state index in [0.717, 1.165) is 10.0 Å². The zero-order valence-electron chi connectivity index (χ0n) is 10.4. The summed E-state index contributed by atoms with van der Waals surface area (Å²) in [7, 11) is 0.342. The Labute approximate surface area is 113 Å². The zero-order chi connectivity index (χ0) is 13.1. The van der Waals surface area contributed by atoms with Crippen LogP contribution in [0, 0.1) is 0 Å². The molecule has 0 heterocycles. The summed E-state index contributed by atoms with van der Waals surface area (Å²) in [5.74, 6) is 0.711. The maximum Gasteiger partial charge on any atom is 0.144 e. The number of ether oxygens (including phenoxy) is 1. The summed E-state index contributed by atoms with van der Waals surface area (Å²) < 4.78 is 21.6. The number of benzene rings is 1. The normalized spacial score (nSPS) is 13.9. The fourth-order valence-electron chi connectivity index (χ4n) is 1.07. The van der Waals surface area contributed by atoms with E-state index in [4.69, 9.17) is 4.74 Å². The van der Waals surface area contributed by atoms with Crippen molar-refractivity contribution in [3.63, 3.8) is 0 Å². The van der Waals surface area contributed by atoms with E-state index in [1.807, 2.05) is 39.0 Å². The van der Waals surface area contributed by atoms with E-state index in [1.165, 1.54) is 0 Å². The lowest BCUT2D eigenvalue weighted by Gasteiger charge is -2.13. The highest BCUT2D eigenvalue weighted by atomic mass is 79.9. The van der Waals surface area contributed by atoms with Crippen LogP contribution >= 0.6 is 15.9 Å². The van der Waals surface area contributed by atoms with Crippen molar-refractivity contribution in [3.8, 4) is 5.75 Å². The van der Waals surface area contributed by atoms with Crippen LogP contribution in [0.25, 0.3) is 0 Å². The number of hydrogen-bond acceptors (Lipinski definition) is 2. The maximum atomic E-state index is 11.8. The Bertz CT molecular complexity index is 452. The molecule has 17 heavy (non-hydrogen) atoms. The first-order chi connectivity index (χ1) is 7.84. The van der Waals surface area contributed by atoms with Crippen molar-refractivity contribution >= 4 is 33.1 Å². The van der Waals surface area contributed by atoms with Crippen LogP contribution in [-0.2, 0) is 11.0 Å². The molecule has 3 nitrogen and oxygen atoms in total. The van der Waals surface area contributed by atoms with Crippen molar-refractivity contribution in [1.29, 1.82) is 0 Å². The second kappa shape index (κ2) is 5.78. The van der Waals surface area contributed by atoms with E-state index in [0.29, 0.717) is 5.75 Å². The van der Waals surface area contributed by atoms with Gasteiger partial charge in [0.2, 0.25) is 0 Å². The van der Waals surface area contributed by atoms with E-state index < -0.39 is 11.0 Å². The lowest BCUT2D eigenvalue weighted by molar-refractivity contribution is 0.414. The molecule has 94 valence electrons. The van der Waals surface area contributed by atoms with Crippen molar-refractivity contribution in [3.05, 3.63) is 28.2 Å². The van der Waals surface area contributed by atoms with Crippen molar-refractivity contribution in [2.45, 2.75) is 25.5 Å². The number of rotatable bonds is 3. The van der Waals surface area contributed by atoms with E-state index in [1.54, 1.807) is 13.3 Å². The number of hydrogen-bond donors (Lipinski definition) is 0. The van der Waals surface area contributed by atoms with Crippen LogP contribution in [-0.4, -0.2) is 22.3 Å². The summed E-state index contributed by atoms with van der Waals surface area (Å²) >= 11 is 3.38. The van der Waals surface area contributed by atoms with E-state index in [-0.39, 0.29) is 4.75 Å². The molecule has 0 aromatic heterocycles. The highest BCUT2D eigenvalue weighted by molar-refractivity contribution is 9.10. The van der Waals surface area contributed by atoms with Crippen LogP contribution in [0.5, 0.6) is 5.75 Å². The van der Waals surface area contributed by atoms with Crippen molar-refractivity contribution < 1.29 is 8.95 Å². The molecule has 0 aliphatic rings. The summed E-state index contributed by atoms with van der Waals surface area (Å²) in [6.45, 7) is 5.66. The summed E-state index contributed by atoms with van der Waals surface area (Å²) in [5, 5.41) is 0. The predicted molar refractivity (Wildman–Crippen MR) is 76.2 cm³/mol. The standard InChI is InChI=1S/C12H16BrNO2S/c1-12(2,3)17(15)14-8-9-7-10(13)5-6-11(9)16-4/h5-8H,1-4H3/b14-8+/t17-/m1/s1. The molecule has 0 N–H and O–H groups in total. The minimum atomic E-state index is -1.26. The van der Waals surface area contributed by atoms with Gasteiger partial charge >= 0.3 is 0 Å². The molecular formula is C12H16BrNO2S. The average molecular weight is 318 g/mol. The minimum Gasteiger partial charge on any atom is -0.496 e. The van der Waals surface area contributed by atoms with Crippen LogP contribution in [0.1, 0.15) is 26.3 Å². The highest BCUT2D eigenvalue weighted by Crippen LogP contribution is 2.22. The molecule has 0 amide bonds. The lowest BCUT2D eigenvalue weighted by Crippen LogP contribution is -2.19. The average Bonchev–Trinajstić information content (AvgIpc) is 2.24. The molecule has 0 bridgehead atoms. The Balaban J connectivity index is 2.98. The molecule has 1 aromatic carbocycles. The minimum absolute atomic E-state index is 0.351. The smallest absolute Gasteiger partial charge is 0.144 e. The van der Waals surface area contributed by atoms with Crippen LogP contribution in [0.2, 0.25) is 0 Å². The molecule has 1 aromatic rings. The first-order valence-electron chi connectivity index (χ1n) is 5.14. The van der Waals surface area contributed by atoms with E-state index in [2.05, 4.69) is 20.3 Å². The van der Waals surface area contributed by atoms with Gasteiger partial charge in [-0.15, -0.1) is 0 Å². The first kappa shape index (κ1) is 14.4. The molecular weight excluding hydrogens is 302 g/mol. The number of halogens is 1. The number of nitrogens with zero attached hydrogens (tertiary/aromatic N) is 1. The molecule has 0 spiro atoms. The van der Waals surface area contributed by atoms with Gasteiger partial charge in [-0.05, 0) is 39.0 Å². The van der Waals surface area contributed by atoms with Crippen molar-refractivity contribution in [1.82, 2.24) is 0 Å². The van der Waals surface area contributed by atoms with Gasteiger partial charge in [-0.1, -0.05) is 15.9 Å². The Morgan fingerprint density at radius 1 is 1.41 bits per heavy atom. The maximum absolute atomic E-state index is 11.8. The Morgan fingerprint density at radius 2 is 2.06 bits per heavy atom. The van der Waals surface area contributed by atoms with Gasteiger partial charge in [-0.25, -0.2) is 4.21 Å². The fraction of sp³-hybridized carbons (Fsp3) is 0.417. The number of methoxy groups -OCH3 is 1.